The molecule has 1 aromatic heterocycles. The van der Waals surface area contributed by atoms with Crippen LogP contribution in [0, 0.1) is 11.3 Å². The topological polar surface area (TPSA) is 44.9 Å². The molecule has 0 amide bonds. The Bertz CT molecular complexity index is 608. The SMILES string of the molecule is CC(C)N1Cc2cn(-c3ccc(C#N)cc3)nc2C1. The van der Waals surface area contributed by atoms with Gasteiger partial charge in [0.15, 0.2) is 0 Å². The normalized spacial score (nSPS) is 14.6. The third-order valence-corrected chi connectivity index (χ3v) is 3.59. The lowest BCUT2D eigenvalue weighted by Gasteiger charge is -2.19. The predicted molar refractivity (Wildman–Crippen MR) is 72.7 cm³/mol. The average molecular weight is 252 g/mol. The summed E-state index contributed by atoms with van der Waals surface area (Å²) >= 11 is 0. The smallest absolute Gasteiger partial charge is 0.0991 e. The molecule has 0 aliphatic carbocycles. The van der Waals surface area contributed by atoms with Crippen molar-refractivity contribution in [1.29, 1.82) is 5.26 Å². The van der Waals surface area contributed by atoms with Crippen molar-refractivity contribution in [2.24, 2.45) is 0 Å². The summed E-state index contributed by atoms with van der Waals surface area (Å²) in [6.07, 6.45) is 2.10. The highest BCUT2D eigenvalue weighted by Gasteiger charge is 2.24. The highest BCUT2D eigenvalue weighted by molar-refractivity contribution is 5.40. The lowest BCUT2D eigenvalue weighted by atomic mass is 10.2. The first-order valence-electron chi connectivity index (χ1n) is 6.49. The second-order valence-electron chi connectivity index (χ2n) is 5.20. The Morgan fingerprint density at radius 2 is 1.95 bits per heavy atom. The molecule has 4 nitrogen and oxygen atoms in total. The zero-order valence-electron chi connectivity index (χ0n) is 11.2. The largest absolute Gasteiger partial charge is 0.291 e. The Balaban J connectivity index is 1.86. The van der Waals surface area contributed by atoms with Gasteiger partial charge in [-0.05, 0) is 38.1 Å². The van der Waals surface area contributed by atoms with E-state index in [0.717, 1.165) is 24.5 Å². The van der Waals surface area contributed by atoms with Crippen molar-refractivity contribution < 1.29 is 0 Å². The summed E-state index contributed by atoms with van der Waals surface area (Å²) < 4.78 is 1.91. The minimum Gasteiger partial charge on any atom is -0.291 e. The molecule has 0 unspecified atom stereocenters. The molecule has 0 spiro atoms. The fourth-order valence-electron chi connectivity index (χ4n) is 2.36. The molecule has 0 N–H and O–H groups in total. The van der Waals surface area contributed by atoms with E-state index in [9.17, 15) is 0 Å². The maximum Gasteiger partial charge on any atom is 0.0991 e. The van der Waals surface area contributed by atoms with Crippen LogP contribution in [-0.2, 0) is 13.1 Å². The molecule has 2 heterocycles. The van der Waals surface area contributed by atoms with Crippen molar-refractivity contribution in [1.82, 2.24) is 14.7 Å². The average Bonchev–Trinajstić information content (AvgIpc) is 2.97. The van der Waals surface area contributed by atoms with Crippen LogP contribution in [0.5, 0.6) is 0 Å². The van der Waals surface area contributed by atoms with Crippen LogP contribution >= 0.6 is 0 Å². The van der Waals surface area contributed by atoms with Gasteiger partial charge < -0.3 is 0 Å². The maximum atomic E-state index is 8.80. The number of aromatic nitrogens is 2. The molecule has 0 saturated carbocycles. The monoisotopic (exact) mass is 252 g/mol. The van der Waals surface area contributed by atoms with Crippen molar-refractivity contribution >= 4 is 0 Å². The first-order valence-corrected chi connectivity index (χ1v) is 6.49. The van der Waals surface area contributed by atoms with Gasteiger partial charge in [0, 0.05) is 30.9 Å². The van der Waals surface area contributed by atoms with Crippen LogP contribution in [0.2, 0.25) is 0 Å². The van der Waals surface area contributed by atoms with Crippen LogP contribution in [0.25, 0.3) is 5.69 Å². The zero-order valence-corrected chi connectivity index (χ0v) is 11.2. The summed E-state index contributed by atoms with van der Waals surface area (Å²) in [5.41, 5.74) is 4.15. The molecular formula is C15H16N4. The van der Waals surface area contributed by atoms with Crippen molar-refractivity contribution in [3.05, 3.63) is 47.3 Å². The van der Waals surface area contributed by atoms with Gasteiger partial charge in [-0.3, -0.25) is 4.90 Å². The second-order valence-corrected chi connectivity index (χ2v) is 5.20. The molecule has 0 radical (unpaired) electrons. The highest BCUT2D eigenvalue weighted by Crippen LogP contribution is 2.24. The third kappa shape index (κ3) is 2.13. The van der Waals surface area contributed by atoms with Crippen molar-refractivity contribution in [2.45, 2.75) is 33.0 Å². The van der Waals surface area contributed by atoms with E-state index in [4.69, 9.17) is 5.26 Å². The number of fused-ring (bicyclic) bond motifs is 1. The lowest BCUT2D eigenvalue weighted by Crippen LogP contribution is -2.25. The predicted octanol–water partition coefficient (Wildman–Crippen LogP) is 2.47. The van der Waals surface area contributed by atoms with Gasteiger partial charge in [-0.15, -0.1) is 0 Å². The summed E-state index contributed by atoms with van der Waals surface area (Å²) in [5.74, 6) is 0. The van der Waals surface area contributed by atoms with E-state index < -0.39 is 0 Å². The summed E-state index contributed by atoms with van der Waals surface area (Å²) in [5, 5.41) is 13.4. The fourth-order valence-corrected chi connectivity index (χ4v) is 2.36. The van der Waals surface area contributed by atoms with Gasteiger partial charge in [-0.1, -0.05) is 0 Å². The van der Waals surface area contributed by atoms with Crippen LogP contribution in [0.1, 0.15) is 30.7 Å². The van der Waals surface area contributed by atoms with E-state index in [1.807, 2.05) is 28.9 Å². The van der Waals surface area contributed by atoms with Crippen molar-refractivity contribution in [3.8, 4) is 11.8 Å². The lowest BCUT2D eigenvalue weighted by molar-refractivity contribution is 0.224. The zero-order chi connectivity index (χ0) is 13.4. The summed E-state index contributed by atoms with van der Waals surface area (Å²) in [6.45, 7) is 6.32. The van der Waals surface area contributed by atoms with E-state index in [1.165, 1.54) is 5.56 Å². The van der Waals surface area contributed by atoms with Crippen LogP contribution in [0.4, 0.5) is 0 Å². The van der Waals surface area contributed by atoms with E-state index >= 15 is 0 Å². The van der Waals surface area contributed by atoms with E-state index in [0.29, 0.717) is 11.6 Å². The third-order valence-electron chi connectivity index (χ3n) is 3.59. The van der Waals surface area contributed by atoms with Gasteiger partial charge in [0.1, 0.15) is 0 Å². The van der Waals surface area contributed by atoms with Gasteiger partial charge in [-0.2, -0.15) is 10.4 Å². The van der Waals surface area contributed by atoms with E-state index in [2.05, 4.69) is 36.1 Å². The molecule has 0 bridgehead atoms. The van der Waals surface area contributed by atoms with Crippen molar-refractivity contribution in [2.75, 3.05) is 0 Å². The molecule has 19 heavy (non-hydrogen) atoms. The molecule has 0 fully saturated rings. The van der Waals surface area contributed by atoms with Gasteiger partial charge in [0.25, 0.3) is 0 Å². The first-order chi connectivity index (χ1) is 9.17. The number of nitrogens with zero attached hydrogens (tertiary/aromatic N) is 4. The Morgan fingerprint density at radius 1 is 1.21 bits per heavy atom. The molecule has 1 aliphatic heterocycles. The molecule has 0 atom stereocenters. The summed E-state index contributed by atoms with van der Waals surface area (Å²) in [7, 11) is 0. The van der Waals surface area contributed by atoms with Gasteiger partial charge >= 0.3 is 0 Å². The molecule has 1 aromatic carbocycles. The number of hydrogen-bond donors (Lipinski definition) is 0. The van der Waals surface area contributed by atoms with Crippen LogP contribution < -0.4 is 0 Å². The van der Waals surface area contributed by atoms with Crippen molar-refractivity contribution in [3.63, 3.8) is 0 Å². The van der Waals surface area contributed by atoms with Crippen LogP contribution in [0.15, 0.2) is 30.5 Å². The van der Waals surface area contributed by atoms with Crippen LogP contribution in [0.3, 0.4) is 0 Å². The quantitative estimate of drug-likeness (QED) is 0.824. The Kier molecular flexibility index (Phi) is 2.84. The molecule has 1 aliphatic rings. The van der Waals surface area contributed by atoms with Gasteiger partial charge in [-0.25, -0.2) is 4.68 Å². The maximum absolute atomic E-state index is 8.80. The number of benzene rings is 1. The minimum absolute atomic E-state index is 0.553. The molecule has 0 saturated heterocycles. The standard InChI is InChI=1S/C15H16N4/c1-11(2)18-8-13-9-19(17-15(13)10-18)14-5-3-12(7-16)4-6-14/h3-6,9,11H,8,10H2,1-2H3. The minimum atomic E-state index is 0.553. The summed E-state index contributed by atoms with van der Waals surface area (Å²) in [4.78, 5) is 2.40. The highest BCUT2D eigenvalue weighted by atomic mass is 15.3. The Hall–Kier alpha value is -2.12. The Labute approximate surface area is 112 Å². The number of nitriles is 1. The molecule has 2 aromatic rings. The van der Waals surface area contributed by atoms with E-state index in [-0.39, 0.29) is 0 Å². The van der Waals surface area contributed by atoms with Gasteiger partial charge in [0.2, 0.25) is 0 Å². The second kappa shape index (κ2) is 4.52. The molecule has 3 rings (SSSR count). The fraction of sp³-hybridized carbons (Fsp3) is 0.333. The summed E-state index contributed by atoms with van der Waals surface area (Å²) in [6, 6.07) is 10.2. The molecular weight excluding hydrogens is 236 g/mol. The van der Waals surface area contributed by atoms with E-state index in [1.54, 1.807) is 0 Å². The molecule has 4 heteroatoms. The molecule has 96 valence electrons. The van der Waals surface area contributed by atoms with Gasteiger partial charge in [0.05, 0.1) is 23.0 Å². The Morgan fingerprint density at radius 3 is 2.53 bits per heavy atom. The number of rotatable bonds is 2. The van der Waals surface area contributed by atoms with Crippen LogP contribution in [-0.4, -0.2) is 20.7 Å². The first kappa shape index (κ1) is 11.9. The number of hydrogen-bond acceptors (Lipinski definition) is 3.